The number of nitrogens with one attached hydrogen (secondary N) is 1. The fourth-order valence-corrected chi connectivity index (χ4v) is 3.59. The minimum absolute atomic E-state index is 0.0775. The van der Waals surface area contributed by atoms with Crippen molar-refractivity contribution in [2.75, 3.05) is 5.32 Å². The van der Waals surface area contributed by atoms with Gasteiger partial charge in [0.05, 0.1) is 10.0 Å². The highest BCUT2D eigenvalue weighted by atomic mass is 35.5. The number of aryl methyl sites for hydroxylation is 1. The lowest BCUT2D eigenvalue weighted by atomic mass is 10.1. The topological polar surface area (TPSA) is 62.1 Å². The molecular formula is C25H19Cl2FN2O2. The molecule has 1 amide bonds. The molecule has 0 aliphatic carbocycles. The van der Waals surface area contributed by atoms with Crippen molar-refractivity contribution in [2.45, 2.75) is 20.5 Å². The second-order valence-electron chi connectivity index (χ2n) is 7.10. The largest absolute Gasteiger partial charge is 0.486 e. The zero-order chi connectivity index (χ0) is 23.3. The average molecular weight is 469 g/mol. The van der Waals surface area contributed by atoms with Crippen LogP contribution in [0.25, 0.3) is 6.08 Å². The average Bonchev–Trinajstić information content (AvgIpc) is 2.74. The predicted octanol–water partition coefficient (Wildman–Crippen LogP) is 6.87. The van der Waals surface area contributed by atoms with Gasteiger partial charge in [0.25, 0.3) is 5.91 Å². The predicted molar refractivity (Wildman–Crippen MR) is 125 cm³/mol. The van der Waals surface area contributed by atoms with Crippen molar-refractivity contribution in [1.82, 2.24) is 0 Å². The fourth-order valence-electron chi connectivity index (χ4n) is 2.97. The van der Waals surface area contributed by atoms with Gasteiger partial charge >= 0.3 is 0 Å². The second kappa shape index (κ2) is 10.3. The molecule has 0 bridgehead atoms. The Kier molecular flexibility index (Phi) is 7.53. The molecule has 0 aromatic heterocycles. The standard InChI is InChI=1S/C25H19Cl2FN2O2/c1-15-5-3-8-23(16(15)2)30-25(31)19(13-29)9-18-11-21(26)24(22(27)12-18)32-14-17-6-4-7-20(28)10-17/h3-12H,14H2,1-2H3,(H,30,31)/b19-9+. The maximum absolute atomic E-state index is 13.3. The molecule has 0 heterocycles. The van der Waals surface area contributed by atoms with Crippen LogP contribution in [-0.4, -0.2) is 5.91 Å². The van der Waals surface area contributed by atoms with Crippen LogP contribution < -0.4 is 10.1 Å². The molecule has 0 saturated carbocycles. The Hall–Kier alpha value is -3.33. The molecular weight excluding hydrogens is 450 g/mol. The van der Waals surface area contributed by atoms with Gasteiger partial charge in [0.15, 0.2) is 5.75 Å². The minimum atomic E-state index is -0.542. The number of ether oxygens (including phenoxy) is 1. The Morgan fingerprint density at radius 1 is 1.12 bits per heavy atom. The second-order valence-corrected chi connectivity index (χ2v) is 7.92. The number of amides is 1. The first-order chi connectivity index (χ1) is 15.3. The molecule has 0 radical (unpaired) electrons. The normalized spacial score (nSPS) is 11.1. The lowest BCUT2D eigenvalue weighted by Gasteiger charge is -2.12. The van der Waals surface area contributed by atoms with Crippen molar-refractivity contribution in [3.8, 4) is 11.8 Å². The van der Waals surface area contributed by atoms with Gasteiger partial charge in [-0.15, -0.1) is 0 Å². The Morgan fingerprint density at radius 3 is 2.47 bits per heavy atom. The third-order valence-electron chi connectivity index (χ3n) is 4.82. The van der Waals surface area contributed by atoms with Crippen LogP contribution in [0.4, 0.5) is 10.1 Å². The van der Waals surface area contributed by atoms with Crippen molar-refractivity contribution < 1.29 is 13.9 Å². The zero-order valence-corrected chi connectivity index (χ0v) is 18.9. The third kappa shape index (κ3) is 5.67. The smallest absolute Gasteiger partial charge is 0.266 e. The molecule has 3 rings (SSSR count). The van der Waals surface area contributed by atoms with Crippen LogP contribution >= 0.6 is 23.2 Å². The van der Waals surface area contributed by atoms with Crippen molar-refractivity contribution >= 4 is 40.9 Å². The number of benzene rings is 3. The summed E-state index contributed by atoms with van der Waals surface area (Å²) in [6.45, 7) is 3.91. The van der Waals surface area contributed by atoms with Crippen molar-refractivity contribution in [1.29, 1.82) is 5.26 Å². The van der Waals surface area contributed by atoms with E-state index in [1.165, 1.54) is 30.3 Å². The maximum Gasteiger partial charge on any atom is 0.266 e. The third-order valence-corrected chi connectivity index (χ3v) is 5.38. The molecule has 162 valence electrons. The first-order valence-corrected chi connectivity index (χ1v) is 10.4. The summed E-state index contributed by atoms with van der Waals surface area (Å²) in [6, 6.07) is 16.5. The quantitative estimate of drug-likeness (QED) is 0.316. The van der Waals surface area contributed by atoms with Gasteiger partial charge in [-0.3, -0.25) is 4.79 Å². The molecule has 3 aromatic carbocycles. The van der Waals surface area contributed by atoms with Gasteiger partial charge in [0.2, 0.25) is 0 Å². The summed E-state index contributed by atoms with van der Waals surface area (Å²) in [5.41, 5.74) is 3.56. The van der Waals surface area contributed by atoms with Crippen molar-refractivity contribution in [3.05, 3.63) is 98.3 Å². The lowest BCUT2D eigenvalue weighted by molar-refractivity contribution is -0.112. The number of carbonyl (C=O) groups is 1. The lowest BCUT2D eigenvalue weighted by Crippen LogP contribution is -2.14. The van der Waals surface area contributed by atoms with Crippen LogP contribution in [0.2, 0.25) is 10.0 Å². The van der Waals surface area contributed by atoms with Crippen LogP contribution in [0.3, 0.4) is 0 Å². The Balaban J connectivity index is 1.79. The highest BCUT2D eigenvalue weighted by molar-refractivity contribution is 6.37. The number of nitriles is 1. The summed E-state index contributed by atoms with van der Waals surface area (Å²) in [5.74, 6) is -0.681. The van der Waals surface area contributed by atoms with E-state index in [2.05, 4.69) is 5.32 Å². The van der Waals surface area contributed by atoms with Crippen LogP contribution in [0.1, 0.15) is 22.3 Å². The minimum Gasteiger partial charge on any atom is -0.486 e. The molecule has 0 atom stereocenters. The van der Waals surface area contributed by atoms with E-state index in [9.17, 15) is 14.4 Å². The molecule has 0 aliphatic rings. The van der Waals surface area contributed by atoms with Crippen LogP contribution in [0.15, 0.2) is 60.2 Å². The van der Waals surface area contributed by atoms with E-state index in [-0.39, 0.29) is 33.8 Å². The molecule has 4 nitrogen and oxygen atoms in total. The summed E-state index contributed by atoms with van der Waals surface area (Å²) in [7, 11) is 0. The van der Waals surface area contributed by atoms with Gasteiger partial charge in [0.1, 0.15) is 24.1 Å². The van der Waals surface area contributed by atoms with Crippen molar-refractivity contribution in [3.63, 3.8) is 0 Å². The first-order valence-electron chi connectivity index (χ1n) is 9.64. The van der Waals surface area contributed by atoms with E-state index in [0.717, 1.165) is 11.1 Å². The first kappa shape index (κ1) is 23.3. The maximum atomic E-state index is 13.3. The van der Waals surface area contributed by atoms with E-state index in [4.69, 9.17) is 27.9 Å². The molecule has 0 fully saturated rings. The zero-order valence-electron chi connectivity index (χ0n) is 17.4. The number of carbonyl (C=O) groups excluding carboxylic acids is 1. The monoisotopic (exact) mass is 468 g/mol. The van der Waals surface area contributed by atoms with Gasteiger partial charge in [-0.1, -0.05) is 47.5 Å². The molecule has 0 unspecified atom stereocenters. The molecule has 7 heteroatoms. The highest BCUT2D eigenvalue weighted by Gasteiger charge is 2.14. The number of halogens is 3. The van der Waals surface area contributed by atoms with Gasteiger partial charge < -0.3 is 10.1 Å². The van der Waals surface area contributed by atoms with E-state index in [1.807, 2.05) is 32.0 Å². The SMILES string of the molecule is Cc1cccc(NC(=O)/C(C#N)=C/c2cc(Cl)c(OCc3cccc(F)c3)c(Cl)c2)c1C. The number of rotatable bonds is 6. The van der Waals surface area contributed by atoms with E-state index in [1.54, 1.807) is 18.2 Å². The number of anilines is 1. The fraction of sp³-hybridized carbons (Fsp3) is 0.120. The van der Waals surface area contributed by atoms with Crippen LogP contribution in [0.5, 0.6) is 5.75 Å². The summed E-state index contributed by atoms with van der Waals surface area (Å²) in [4.78, 5) is 12.6. The molecule has 0 aliphatic heterocycles. The number of nitrogens with zero attached hydrogens (tertiary/aromatic N) is 1. The summed E-state index contributed by atoms with van der Waals surface area (Å²) < 4.78 is 19.0. The Bertz CT molecular complexity index is 1230. The molecule has 0 spiro atoms. The van der Waals surface area contributed by atoms with Gasteiger partial charge in [-0.2, -0.15) is 5.26 Å². The van der Waals surface area contributed by atoms with E-state index in [0.29, 0.717) is 16.8 Å². The molecule has 3 aromatic rings. The van der Waals surface area contributed by atoms with Gasteiger partial charge in [0, 0.05) is 5.69 Å². The summed E-state index contributed by atoms with van der Waals surface area (Å²) in [6.07, 6.45) is 1.40. The molecule has 1 N–H and O–H groups in total. The Labute approximate surface area is 195 Å². The molecule has 0 saturated heterocycles. The van der Waals surface area contributed by atoms with Crippen molar-refractivity contribution in [2.24, 2.45) is 0 Å². The van der Waals surface area contributed by atoms with E-state index < -0.39 is 5.91 Å². The highest BCUT2D eigenvalue weighted by Crippen LogP contribution is 2.35. The van der Waals surface area contributed by atoms with Crippen LogP contribution in [0, 0.1) is 31.0 Å². The van der Waals surface area contributed by atoms with Crippen LogP contribution in [-0.2, 0) is 11.4 Å². The summed E-state index contributed by atoms with van der Waals surface area (Å²) >= 11 is 12.6. The summed E-state index contributed by atoms with van der Waals surface area (Å²) in [5, 5.41) is 12.6. The van der Waals surface area contributed by atoms with E-state index >= 15 is 0 Å². The van der Waals surface area contributed by atoms with Gasteiger partial charge in [-0.25, -0.2) is 4.39 Å². The van der Waals surface area contributed by atoms with Gasteiger partial charge in [-0.05, 0) is 72.5 Å². The number of hydrogen-bond acceptors (Lipinski definition) is 3. The number of hydrogen-bond donors (Lipinski definition) is 1. The molecule has 32 heavy (non-hydrogen) atoms. The Morgan fingerprint density at radius 2 is 1.81 bits per heavy atom.